The number of rotatable bonds is 5. The van der Waals surface area contributed by atoms with Crippen molar-refractivity contribution in [2.24, 2.45) is 13.0 Å². The number of carbonyl (C=O) groups excluding carboxylic acids is 1. The Morgan fingerprint density at radius 1 is 1.32 bits per heavy atom. The van der Waals surface area contributed by atoms with Crippen LogP contribution in [0.15, 0.2) is 47.4 Å². The summed E-state index contributed by atoms with van der Waals surface area (Å²) < 4.78 is 1.32. The third kappa shape index (κ3) is 4.68. The van der Waals surface area contributed by atoms with E-state index in [1.165, 1.54) is 4.68 Å². The van der Waals surface area contributed by atoms with Crippen LogP contribution in [0.4, 0.5) is 5.69 Å². The molecule has 0 bridgehead atoms. The molecule has 6 nitrogen and oxygen atoms in total. The van der Waals surface area contributed by atoms with Crippen molar-refractivity contribution in [2.75, 3.05) is 18.0 Å². The maximum absolute atomic E-state index is 12.2. The Morgan fingerprint density at radius 2 is 2.12 bits per heavy atom. The van der Waals surface area contributed by atoms with Crippen LogP contribution in [-0.4, -0.2) is 28.8 Å². The molecule has 1 aliphatic rings. The van der Waals surface area contributed by atoms with Gasteiger partial charge in [0.15, 0.2) is 0 Å². The van der Waals surface area contributed by atoms with Gasteiger partial charge in [0.25, 0.3) is 5.56 Å². The minimum atomic E-state index is -0.111. The van der Waals surface area contributed by atoms with Crippen molar-refractivity contribution in [3.05, 3.63) is 58.5 Å². The number of nitrogens with one attached hydrogen (secondary N) is 1. The van der Waals surface area contributed by atoms with Crippen LogP contribution in [0.25, 0.3) is 0 Å². The van der Waals surface area contributed by atoms with Crippen LogP contribution in [0.1, 0.15) is 24.8 Å². The van der Waals surface area contributed by atoms with Gasteiger partial charge in [-0.3, -0.25) is 9.59 Å². The average molecular weight is 340 g/mol. The largest absolute Gasteiger partial charge is 0.370 e. The van der Waals surface area contributed by atoms with Gasteiger partial charge in [0.2, 0.25) is 5.91 Å². The smallest absolute Gasteiger partial charge is 0.268 e. The molecule has 2 heterocycles. The Labute approximate surface area is 147 Å². The molecule has 1 aliphatic heterocycles. The molecular formula is C19H24N4O2. The molecule has 132 valence electrons. The first kappa shape index (κ1) is 17.2. The highest BCUT2D eigenvalue weighted by Crippen LogP contribution is 2.23. The lowest BCUT2D eigenvalue weighted by molar-refractivity contribution is -0.122. The van der Waals surface area contributed by atoms with Crippen LogP contribution < -0.4 is 15.8 Å². The maximum atomic E-state index is 12.2. The number of aromatic nitrogens is 2. The van der Waals surface area contributed by atoms with Gasteiger partial charge in [-0.1, -0.05) is 30.3 Å². The highest BCUT2D eigenvalue weighted by molar-refractivity contribution is 5.76. The fraction of sp³-hybridized carbons (Fsp3) is 0.421. The first-order valence-corrected chi connectivity index (χ1v) is 8.71. The normalized spacial score (nSPS) is 17.3. The second-order valence-electron chi connectivity index (χ2n) is 6.60. The standard InChI is InChI=1S/C19H24N4O2/c1-22-19(25)11-17(13-21-22)23-9-5-8-16(14-23)10-18(24)20-12-15-6-3-2-4-7-15/h2-4,6-7,11,13,16H,5,8-10,12,14H2,1H3,(H,20,24). The van der Waals surface area contributed by atoms with Gasteiger partial charge in [-0.15, -0.1) is 0 Å². The summed E-state index contributed by atoms with van der Waals surface area (Å²) in [6.45, 7) is 2.25. The maximum Gasteiger partial charge on any atom is 0.268 e. The third-order valence-electron chi connectivity index (χ3n) is 4.64. The van der Waals surface area contributed by atoms with E-state index in [-0.39, 0.29) is 11.5 Å². The summed E-state index contributed by atoms with van der Waals surface area (Å²) in [6, 6.07) is 11.5. The minimum Gasteiger partial charge on any atom is -0.370 e. The van der Waals surface area contributed by atoms with Crippen LogP contribution in [0.3, 0.4) is 0 Å². The zero-order chi connectivity index (χ0) is 17.6. The highest BCUT2D eigenvalue weighted by Gasteiger charge is 2.23. The molecule has 1 aromatic heterocycles. The van der Waals surface area contributed by atoms with E-state index in [2.05, 4.69) is 15.3 Å². The van der Waals surface area contributed by atoms with Gasteiger partial charge in [0.1, 0.15) is 0 Å². The average Bonchev–Trinajstić information content (AvgIpc) is 2.63. The molecule has 3 rings (SSSR count). The number of carbonyl (C=O) groups is 1. The van der Waals surface area contributed by atoms with Gasteiger partial charge in [-0.05, 0) is 24.3 Å². The van der Waals surface area contributed by atoms with Gasteiger partial charge in [0.05, 0.1) is 11.9 Å². The summed E-state index contributed by atoms with van der Waals surface area (Å²) in [5, 5.41) is 7.08. The topological polar surface area (TPSA) is 67.2 Å². The molecule has 0 spiro atoms. The number of anilines is 1. The summed E-state index contributed by atoms with van der Waals surface area (Å²) in [4.78, 5) is 26.2. The molecule has 1 aromatic carbocycles. The SMILES string of the molecule is Cn1ncc(N2CCCC(CC(=O)NCc3ccccc3)C2)cc1=O. The van der Waals surface area contributed by atoms with Crippen molar-refractivity contribution in [1.82, 2.24) is 15.1 Å². The number of piperidine rings is 1. The molecule has 1 unspecified atom stereocenters. The van der Waals surface area contributed by atoms with E-state index in [1.807, 2.05) is 30.3 Å². The summed E-state index contributed by atoms with van der Waals surface area (Å²) in [5.41, 5.74) is 1.84. The van der Waals surface area contributed by atoms with Crippen molar-refractivity contribution < 1.29 is 4.79 Å². The van der Waals surface area contributed by atoms with Crippen LogP contribution in [-0.2, 0) is 18.4 Å². The zero-order valence-electron chi connectivity index (χ0n) is 14.5. The Morgan fingerprint density at radius 3 is 2.88 bits per heavy atom. The number of hydrogen-bond acceptors (Lipinski definition) is 4. The van der Waals surface area contributed by atoms with Crippen LogP contribution >= 0.6 is 0 Å². The lowest BCUT2D eigenvalue weighted by Crippen LogP contribution is -2.38. The molecule has 1 amide bonds. The Balaban J connectivity index is 1.53. The molecule has 2 aromatic rings. The van der Waals surface area contributed by atoms with E-state index in [1.54, 1.807) is 19.3 Å². The molecule has 0 aliphatic carbocycles. The van der Waals surface area contributed by atoms with Gasteiger partial charge in [0, 0.05) is 39.2 Å². The Hall–Kier alpha value is -2.63. The predicted molar refractivity (Wildman–Crippen MR) is 97.3 cm³/mol. The molecule has 0 radical (unpaired) electrons. The van der Waals surface area contributed by atoms with Crippen molar-refractivity contribution in [3.8, 4) is 0 Å². The Bertz CT molecular complexity index is 772. The van der Waals surface area contributed by atoms with Crippen molar-refractivity contribution >= 4 is 11.6 Å². The number of hydrogen-bond donors (Lipinski definition) is 1. The first-order valence-electron chi connectivity index (χ1n) is 8.71. The molecular weight excluding hydrogens is 316 g/mol. The molecule has 1 atom stereocenters. The van der Waals surface area contributed by atoms with E-state index >= 15 is 0 Å². The zero-order valence-corrected chi connectivity index (χ0v) is 14.5. The van der Waals surface area contributed by atoms with E-state index in [9.17, 15) is 9.59 Å². The minimum absolute atomic E-state index is 0.0813. The Kier molecular flexibility index (Phi) is 5.48. The molecule has 0 saturated carbocycles. The van der Waals surface area contributed by atoms with Crippen LogP contribution in [0.2, 0.25) is 0 Å². The summed E-state index contributed by atoms with van der Waals surface area (Å²) in [5.74, 6) is 0.381. The van der Waals surface area contributed by atoms with Gasteiger partial charge >= 0.3 is 0 Å². The second-order valence-corrected chi connectivity index (χ2v) is 6.60. The quantitative estimate of drug-likeness (QED) is 0.900. The van der Waals surface area contributed by atoms with Gasteiger partial charge in [-0.25, -0.2) is 4.68 Å². The lowest BCUT2D eigenvalue weighted by Gasteiger charge is -2.33. The monoisotopic (exact) mass is 340 g/mol. The number of benzene rings is 1. The molecule has 1 fully saturated rings. The fourth-order valence-corrected chi connectivity index (χ4v) is 3.23. The van der Waals surface area contributed by atoms with Crippen LogP contribution in [0.5, 0.6) is 0 Å². The summed E-state index contributed by atoms with van der Waals surface area (Å²) in [7, 11) is 1.64. The van der Waals surface area contributed by atoms with Gasteiger partial charge in [-0.2, -0.15) is 5.10 Å². The van der Waals surface area contributed by atoms with E-state index in [0.29, 0.717) is 18.9 Å². The summed E-state index contributed by atoms with van der Waals surface area (Å²) in [6.07, 6.45) is 4.29. The van der Waals surface area contributed by atoms with E-state index in [0.717, 1.165) is 37.2 Å². The lowest BCUT2D eigenvalue weighted by atomic mass is 9.94. The van der Waals surface area contributed by atoms with E-state index < -0.39 is 0 Å². The first-order chi connectivity index (χ1) is 12.1. The predicted octanol–water partition coefficient (Wildman–Crippen LogP) is 1.70. The second kappa shape index (κ2) is 7.96. The third-order valence-corrected chi connectivity index (χ3v) is 4.64. The number of aryl methyl sites for hydroxylation is 1. The van der Waals surface area contributed by atoms with Crippen molar-refractivity contribution in [3.63, 3.8) is 0 Å². The number of nitrogens with zero attached hydrogens (tertiary/aromatic N) is 3. The van der Waals surface area contributed by atoms with Crippen molar-refractivity contribution in [2.45, 2.75) is 25.8 Å². The fourth-order valence-electron chi connectivity index (χ4n) is 3.23. The number of amides is 1. The van der Waals surface area contributed by atoms with Crippen molar-refractivity contribution in [1.29, 1.82) is 0 Å². The van der Waals surface area contributed by atoms with E-state index in [4.69, 9.17) is 0 Å². The highest BCUT2D eigenvalue weighted by atomic mass is 16.1. The van der Waals surface area contributed by atoms with Crippen LogP contribution in [0, 0.1) is 5.92 Å². The molecule has 1 saturated heterocycles. The summed E-state index contributed by atoms with van der Waals surface area (Å²) >= 11 is 0. The molecule has 25 heavy (non-hydrogen) atoms. The molecule has 1 N–H and O–H groups in total. The van der Waals surface area contributed by atoms with Gasteiger partial charge < -0.3 is 10.2 Å². The molecule has 6 heteroatoms.